The van der Waals surface area contributed by atoms with E-state index in [0.717, 1.165) is 19.6 Å². The monoisotopic (exact) mass is 211 g/mol. The summed E-state index contributed by atoms with van der Waals surface area (Å²) >= 11 is 0. The van der Waals surface area contributed by atoms with Gasteiger partial charge in [-0.2, -0.15) is 0 Å². The third-order valence-corrected chi connectivity index (χ3v) is 3.29. The molecular weight excluding hydrogens is 190 g/mol. The van der Waals surface area contributed by atoms with Crippen molar-refractivity contribution in [3.63, 3.8) is 0 Å². The van der Waals surface area contributed by atoms with Crippen molar-refractivity contribution in [2.45, 2.75) is 38.8 Å². The van der Waals surface area contributed by atoms with E-state index in [0.29, 0.717) is 6.04 Å². The summed E-state index contributed by atoms with van der Waals surface area (Å²) in [6.45, 7) is 8.08. The van der Waals surface area contributed by atoms with Gasteiger partial charge in [-0.05, 0) is 33.2 Å². The molecule has 2 heterocycles. The lowest BCUT2D eigenvalue weighted by Crippen LogP contribution is -2.55. The number of nitrogens with one attached hydrogen (secondary N) is 1. The highest BCUT2D eigenvalue weighted by atomic mass is 16.2. The Kier molecular flexibility index (Phi) is 3.14. The van der Waals surface area contributed by atoms with E-state index in [1.54, 1.807) is 0 Å². The largest absolute Gasteiger partial charge is 0.336 e. The van der Waals surface area contributed by atoms with Gasteiger partial charge in [0.25, 0.3) is 0 Å². The van der Waals surface area contributed by atoms with E-state index in [1.165, 1.54) is 19.4 Å². The summed E-state index contributed by atoms with van der Waals surface area (Å²) in [5.74, 6) is 0. The topological polar surface area (TPSA) is 35.6 Å². The Morgan fingerprint density at radius 1 is 1.33 bits per heavy atom. The van der Waals surface area contributed by atoms with Gasteiger partial charge in [0.05, 0.1) is 0 Å². The molecular formula is C11H21N3O. The van der Waals surface area contributed by atoms with Gasteiger partial charge in [-0.3, -0.25) is 4.90 Å². The summed E-state index contributed by atoms with van der Waals surface area (Å²) in [4.78, 5) is 16.3. The van der Waals surface area contributed by atoms with Gasteiger partial charge < -0.3 is 10.2 Å². The van der Waals surface area contributed by atoms with Gasteiger partial charge in [-0.1, -0.05) is 0 Å². The van der Waals surface area contributed by atoms with Crippen LogP contribution in [0, 0.1) is 0 Å². The maximum absolute atomic E-state index is 11.8. The van der Waals surface area contributed by atoms with Crippen LogP contribution in [0.2, 0.25) is 0 Å². The Bertz CT molecular complexity index is 242. The molecule has 0 bridgehead atoms. The van der Waals surface area contributed by atoms with Crippen molar-refractivity contribution in [1.29, 1.82) is 0 Å². The van der Waals surface area contributed by atoms with Crippen molar-refractivity contribution >= 4 is 6.03 Å². The number of hydrogen-bond donors (Lipinski definition) is 1. The van der Waals surface area contributed by atoms with Gasteiger partial charge >= 0.3 is 6.03 Å². The molecule has 0 spiro atoms. The fourth-order valence-electron chi connectivity index (χ4n) is 2.51. The molecule has 0 aromatic rings. The normalized spacial score (nSPS) is 26.9. The third-order valence-electron chi connectivity index (χ3n) is 3.29. The van der Waals surface area contributed by atoms with Gasteiger partial charge in [-0.15, -0.1) is 0 Å². The van der Waals surface area contributed by atoms with E-state index in [-0.39, 0.29) is 12.1 Å². The highest BCUT2D eigenvalue weighted by Gasteiger charge is 2.32. The lowest BCUT2D eigenvalue weighted by Gasteiger charge is -2.37. The Morgan fingerprint density at radius 3 is 2.87 bits per heavy atom. The van der Waals surface area contributed by atoms with Crippen LogP contribution in [0.4, 0.5) is 4.79 Å². The quantitative estimate of drug-likeness (QED) is 0.699. The summed E-state index contributed by atoms with van der Waals surface area (Å²) in [6.07, 6.45) is 2.55. The van der Waals surface area contributed by atoms with Crippen LogP contribution in [0.1, 0.15) is 26.7 Å². The lowest BCUT2D eigenvalue weighted by molar-refractivity contribution is 0.116. The lowest BCUT2D eigenvalue weighted by atomic mass is 10.1. The standard InChI is InChI=1S/C11H21N3O/c1-9(2)12-11(15)14-7-6-13-5-3-4-10(13)8-14/h9-10H,3-8H2,1-2H3,(H,12,15). The van der Waals surface area contributed by atoms with E-state index in [4.69, 9.17) is 0 Å². The molecule has 0 saturated carbocycles. The molecule has 2 aliphatic rings. The Morgan fingerprint density at radius 2 is 2.13 bits per heavy atom. The van der Waals surface area contributed by atoms with Crippen molar-refractivity contribution in [3.05, 3.63) is 0 Å². The number of carbonyl (C=O) groups excluding carboxylic acids is 1. The van der Waals surface area contributed by atoms with Gasteiger partial charge in [0.1, 0.15) is 0 Å². The zero-order valence-electron chi connectivity index (χ0n) is 9.70. The molecule has 2 rings (SSSR count). The van der Waals surface area contributed by atoms with Gasteiger partial charge in [0.2, 0.25) is 0 Å². The maximum atomic E-state index is 11.8. The van der Waals surface area contributed by atoms with E-state index in [1.807, 2.05) is 18.7 Å². The number of piperazine rings is 1. The molecule has 15 heavy (non-hydrogen) atoms. The number of amides is 2. The first-order valence-corrected chi connectivity index (χ1v) is 5.96. The maximum Gasteiger partial charge on any atom is 0.317 e. The summed E-state index contributed by atoms with van der Waals surface area (Å²) in [7, 11) is 0. The Labute approximate surface area is 91.6 Å². The third kappa shape index (κ3) is 2.43. The molecule has 2 fully saturated rings. The molecule has 4 nitrogen and oxygen atoms in total. The average Bonchev–Trinajstić information content (AvgIpc) is 2.62. The van der Waals surface area contributed by atoms with Gasteiger partial charge in [-0.25, -0.2) is 4.79 Å². The Hall–Kier alpha value is -0.770. The van der Waals surface area contributed by atoms with Crippen LogP contribution in [0.25, 0.3) is 0 Å². The van der Waals surface area contributed by atoms with E-state index in [2.05, 4.69) is 10.2 Å². The zero-order chi connectivity index (χ0) is 10.8. The van der Waals surface area contributed by atoms with Gasteiger partial charge in [0, 0.05) is 31.7 Å². The molecule has 2 aliphatic heterocycles. The van der Waals surface area contributed by atoms with Crippen molar-refractivity contribution in [1.82, 2.24) is 15.1 Å². The van der Waals surface area contributed by atoms with Crippen molar-refractivity contribution in [2.75, 3.05) is 26.2 Å². The smallest absolute Gasteiger partial charge is 0.317 e. The molecule has 1 N–H and O–H groups in total. The molecule has 86 valence electrons. The number of rotatable bonds is 1. The second-order valence-corrected chi connectivity index (χ2v) is 4.88. The van der Waals surface area contributed by atoms with Crippen molar-refractivity contribution < 1.29 is 4.79 Å². The number of fused-ring (bicyclic) bond motifs is 1. The number of carbonyl (C=O) groups is 1. The number of nitrogens with zero attached hydrogens (tertiary/aromatic N) is 2. The molecule has 1 unspecified atom stereocenters. The van der Waals surface area contributed by atoms with Crippen LogP contribution in [0.3, 0.4) is 0 Å². The predicted molar refractivity (Wildman–Crippen MR) is 59.8 cm³/mol. The SMILES string of the molecule is CC(C)NC(=O)N1CCN2CCCC2C1. The predicted octanol–water partition coefficient (Wildman–Crippen LogP) is 0.884. The highest BCUT2D eigenvalue weighted by Crippen LogP contribution is 2.21. The first kappa shape index (κ1) is 10.7. The van der Waals surface area contributed by atoms with E-state index < -0.39 is 0 Å². The summed E-state index contributed by atoms with van der Waals surface area (Å²) in [5.41, 5.74) is 0. The second-order valence-electron chi connectivity index (χ2n) is 4.88. The minimum atomic E-state index is 0.108. The molecule has 4 heteroatoms. The zero-order valence-corrected chi connectivity index (χ0v) is 9.70. The fraction of sp³-hybridized carbons (Fsp3) is 0.909. The summed E-state index contributed by atoms with van der Waals surface area (Å²) < 4.78 is 0. The Balaban J connectivity index is 1.86. The second kappa shape index (κ2) is 4.39. The van der Waals surface area contributed by atoms with Crippen molar-refractivity contribution in [2.24, 2.45) is 0 Å². The van der Waals surface area contributed by atoms with Crippen LogP contribution >= 0.6 is 0 Å². The van der Waals surface area contributed by atoms with Crippen molar-refractivity contribution in [3.8, 4) is 0 Å². The minimum absolute atomic E-state index is 0.108. The first-order chi connectivity index (χ1) is 7.16. The fourth-order valence-corrected chi connectivity index (χ4v) is 2.51. The first-order valence-electron chi connectivity index (χ1n) is 5.96. The minimum Gasteiger partial charge on any atom is -0.336 e. The number of hydrogen-bond acceptors (Lipinski definition) is 2. The van der Waals surface area contributed by atoms with Crippen LogP contribution in [0.15, 0.2) is 0 Å². The average molecular weight is 211 g/mol. The van der Waals surface area contributed by atoms with Crippen LogP contribution < -0.4 is 5.32 Å². The molecule has 0 radical (unpaired) electrons. The number of urea groups is 1. The summed E-state index contributed by atoms with van der Waals surface area (Å²) in [6, 6.07) is 0.965. The van der Waals surface area contributed by atoms with Gasteiger partial charge in [0.15, 0.2) is 0 Å². The van der Waals surface area contributed by atoms with E-state index in [9.17, 15) is 4.79 Å². The molecule has 0 aliphatic carbocycles. The van der Waals surface area contributed by atoms with Crippen LogP contribution in [-0.4, -0.2) is 54.1 Å². The van der Waals surface area contributed by atoms with E-state index >= 15 is 0 Å². The summed E-state index contributed by atoms with van der Waals surface area (Å²) in [5, 5.41) is 2.96. The molecule has 1 atom stereocenters. The molecule has 0 aromatic heterocycles. The van der Waals surface area contributed by atoms with Crippen LogP contribution in [0.5, 0.6) is 0 Å². The van der Waals surface area contributed by atoms with Crippen LogP contribution in [-0.2, 0) is 0 Å². The molecule has 0 aromatic carbocycles. The molecule has 2 saturated heterocycles. The highest BCUT2D eigenvalue weighted by molar-refractivity contribution is 5.74. The molecule has 2 amide bonds.